The van der Waals surface area contributed by atoms with Gasteiger partial charge in [0, 0.05) is 6.04 Å². The number of thioether (sulfide) groups is 1. The second kappa shape index (κ2) is 5.58. The molecule has 0 aromatic carbocycles. The van der Waals surface area contributed by atoms with E-state index in [1.165, 1.54) is 43.7 Å². The molecule has 1 aliphatic heterocycles. The first kappa shape index (κ1) is 11.8. The zero-order valence-electron chi connectivity index (χ0n) is 10.2. The Morgan fingerprint density at radius 2 is 1.87 bits per heavy atom. The van der Waals surface area contributed by atoms with Gasteiger partial charge in [-0.25, -0.2) is 0 Å². The Kier molecular flexibility index (Phi) is 4.39. The summed E-state index contributed by atoms with van der Waals surface area (Å²) in [4.78, 5) is 0. The lowest BCUT2D eigenvalue weighted by Crippen LogP contribution is -2.38. The van der Waals surface area contributed by atoms with Crippen LogP contribution in [0.1, 0.15) is 39.5 Å². The topological polar surface area (TPSA) is 12.0 Å². The van der Waals surface area contributed by atoms with Crippen molar-refractivity contribution in [1.29, 1.82) is 0 Å². The van der Waals surface area contributed by atoms with Gasteiger partial charge in [-0.05, 0) is 61.5 Å². The number of hydrogen-bond acceptors (Lipinski definition) is 2. The predicted octanol–water partition coefficient (Wildman–Crippen LogP) is 3.15. The largest absolute Gasteiger partial charge is 0.314 e. The molecule has 1 heterocycles. The lowest BCUT2D eigenvalue weighted by Gasteiger charge is -2.32. The van der Waals surface area contributed by atoms with Gasteiger partial charge in [0.15, 0.2) is 0 Å². The summed E-state index contributed by atoms with van der Waals surface area (Å²) in [5.74, 6) is 5.62. The fourth-order valence-corrected chi connectivity index (χ4v) is 4.48. The van der Waals surface area contributed by atoms with E-state index in [0.29, 0.717) is 0 Å². The van der Waals surface area contributed by atoms with E-state index >= 15 is 0 Å². The minimum absolute atomic E-state index is 0.814. The summed E-state index contributed by atoms with van der Waals surface area (Å²) in [6, 6.07) is 0.814. The lowest BCUT2D eigenvalue weighted by atomic mass is 9.80. The van der Waals surface area contributed by atoms with Crippen LogP contribution in [0.5, 0.6) is 0 Å². The zero-order chi connectivity index (χ0) is 10.7. The van der Waals surface area contributed by atoms with Crippen molar-refractivity contribution >= 4 is 11.8 Å². The van der Waals surface area contributed by atoms with Crippen LogP contribution in [-0.2, 0) is 0 Å². The second-order valence-electron chi connectivity index (χ2n) is 5.75. The van der Waals surface area contributed by atoms with Crippen molar-refractivity contribution in [3.63, 3.8) is 0 Å². The monoisotopic (exact) mass is 227 g/mol. The molecule has 88 valence electrons. The van der Waals surface area contributed by atoms with Crippen LogP contribution in [0.4, 0.5) is 0 Å². The molecular formula is C13H25NS. The molecule has 0 spiro atoms. The molecule has 1 N–H and O–H groups in total. The average Bonchev–Trinajstić information content (AvgIpc) is 2.65. The van der Waals surface area contributed by atoms with Crippen molar-refractivity contribution in [3.05, 3.63) is 0 Å². The number of hydrogen-bond donors (Lipinski definition) is 1. The SMILES string of the molecule is CC1CC(C)CC(NCC2CCSC2)C1. The van der Waals surface area contributed by atoms with Crippen molar-refractivity contribution in [2.24, 2.45) is 17.8 Å². The van der Waals surface area contributed by atoms with E-state index in [1.54, 1.807) is 0 Å². The number of rotatable bonds is 3. The first-order valence-corrected chi connectivity index (χ1v) is 7.70. The molecule has 0 radical (unpaired) electrons. The fraction of sp³-hybridized carbons (Fsp3) is 1.00. The van der Waals surface area contributed by atoms with Crippen molar-refractivity contribution in [3.8, 4) is 0 Å². The molecule has 0 amide bonds. The van der Waals surface area contributed by atoms with Gasteiger partial charge in [0.05, 0.1) is 0 Å². The van der Waals surface area contributed by atoms with E-state index in [1.807, 2.05) is 0 Å². The van der Waals surface area contributed by atoms with Gasteiger partial charge in [-0.1, -0.05) is 13.8 Å². The Hall–Kier alpha value is 0.310. The highest BCUT2D eigenvalue weighted by Crippen LogP contribution is 2.29. The molecule has 2 heteroatoms. The van der Waals surface area contributed by atoms with Gasteiger partial charge < -0.3 is 5.32 Å². The van der Waals surface area contributed by atoms with Crippen LogP contribution in [0.2, 0.25) is 0 Å². The molecule has 2 rings (SSSR count). The Morgan fingerprint density at radius 3 is 2.47 bits per heavy atom. The highest BCUT2D eigenvalue weighted by atomic mass is 32.2. The van der Waals surface area contributed by atoms with Gasteiger partial charge in [-0.2, -0.15) is 11.8 Å². The molecule has 1 saturated heterocycles. The summed E-state index contributed by atoms with van der Waals surface area (Å²) in [6.45, 7) is 6.10. The summed E-state index contributed by atoms with van der Waals surface area (Å²) in [7, 11) is 0. The van der Waals surface area contributed by atoms with Crippen LogP contribution in [-0.4, -0.2) is 24.1 Å². The highest BCUT2D eigenvalue weighted by molar-refractivity contribution is 7.99. The van der Waals surface area contributed by atoms with Crippen LogP contribution in [0.3, 0.4) is 0 Å². The summed E-state index contributed by atoms with van der Waals surface area (Å²) >= 11 is 2.13. The number of nitrogens with one attached hydrogen (secondary N) is 1. The third kappa shape index (κ3) is 3.67. The van der Waals surface area contributed by atoms with Crippen molar-refractivity contribution < 1.29 is 0 Å². The molecule has 1 aliphatic carbocycles. The van der Waals surface area contributed by atoms with Gasteiger partial charge in [-0.3, -0.25) is 0 Å². The van der Waals surface area contributed by atoms with Gasteiger partial charge in [0.2, 0.25) is 0 Å². The third-order valence-electron chi connectivity index (χ3n) is 3.90. The molecule has 3 atom stereocenters. The summed E-state index contributed by atoms with van der Waals surface area (Å²) in [6.07, 6.45) is 5.70. The van der Waals surface area contributed by atoms with E-state index in [-0.39, 0.29) is 0 Å². The Labute approximate surface area is 98.8 Å². The van der Waals surface area contributed by atoms with Crippen LogP contribution < -0.4 is 5.32 Å². The smallest absolute Gasteiger partial charge is 0.00722 e. The van der Waals surface area contributed by atoms with Crippen LogP contribution in [0.25, 0.3) is 0 Å². The van der Waals surface area contributed by atoms with E-state index in [0.717, 1.165) is 23.8 Å². The molecule has 3 unspecified atom stereocenters. The quantitative estimate of drug-likeness (QED) is 0.795. The molecule has 2 aliphatic rings. The van der Waals surface area contributed by atoms with Crippen LogP contribution in [0.15, 0.2) is 0 Å². The highest BCUT2D eigenvalue weighted by Gasteiger charge is 2.24. The Balaban J connectivity index is 1.69. The van der Waals surface area contributed by atoms with E-state index < -0.39 is 0 Å². The van der Waals surface area contributed by atoms with Gasteiger partial charge in [0.1, 0.15) is 0 Å². The lowest BCUT2D eigenvalue weighted by molar-refractivity contribution is 0.234. The van der Waals surface area contributed by atoms with E-state index in [2.05, 4.69) is 30.9 Å². The summed E-state index contributed by atoms with van der Waals surface area (Å²) in [5, 5.41) is 3.81. The van der Waals surface area contributed by atoms with Gasteiger partial charge >= 0.3 is 0 Å². The van der Waals surface area contributed by atoms with Gasteiger partial charge in [0.25, 0.3) is 0 Å². The van der Waals surface area contributed by atoms with Gasteiger partial charge in [-0.15, -0.1) is 0 Å². The molecule has 1 saturated carbocycles. The maximum absolute atomic E-state index is 3.81. The molecule has 0 bridgehead atoms. The molecule has 15 heavy (non-hydrogen) atoms. The van der Waals surface area contributed by atoms with Crippen LogP contribution >= 0.6 is 11.8 Å². The summed E-state index contributed by atoms with van der Waals surface area (Å²) in [5.41, 5.74) is 0. The maximum Gasteiger partial charge on any atom is 0.00722 e. The normalized spacial score (nSPS) is 42.0. The van der Waals surface area contributed by atoms with E-state index in [9.17, 15) is 0 Å². The van der Waals surface area contributed by atoms with Crippen molar-refractivity contribution in [2.45, 2.75) is 45.6 Å². The minimum Gasteiger partial charge on any atom is -0.314 e. The Morgan fingerprint density at radius 1 is 1.13 bits per heavy atom. The Bertz CT molecular complexity index is 179. The zero-order valence-corrected chi connectivity index (χ0v) is 11.0. The first-order chi connectivity index (χ1) is 7.24. The second-order valence-corrected chi connectivity index (χ2v) is 6.90. The van der Waals surface area contributed by atoms with Crippen LogP contribution in [0, 0.1) is 17.8 Å². The predicted molar refractivity (Wildman–Crippen MR) is 69.4 cm³/mol. The minimum atomic E-state index is 0.814. The maximum atomic E-state index is 3.81. The van der Waals surface area contributed by atoms with Crippen molar-refractivity contribution in [2.75, 3.05) is 18.1 Å². The summed E-state index contributed by atoms with van der Waals surface area (Å²) < 4.78 is 0. The molecule has 0 aromatic heterocycles. The standard InChI is InChI=1S/C13H25NS/c1-10-5-11(2)7-13(6-10)14-8-12-3-4-15-9-12/h10-14H,3-9H2,1-2H3. The van der Waals surface area contributed by atoms with E-state index in [4.69, 9.17) is 0 Å². The first-order valence-electron chi connectivity index (χ1n) is 6.55. The molecule has 2 fully saturated rings. The molecular weight excluding hydrogens is 202 g/mol. The average molecular weight is 227 g/mol. The molecule has 1 nitrogen and oxygen atoms in total. The van der Waals surface area contributed by atoms with Crippen molar-refractivity contribution in [1.82, 2.24) is 5.32 Å². The fourth-order valence-electron chi connectivity index (χ4n) is 3.19. The molecule has 0 aromatic rings. The third-order valence-corrected chi connectivity index (χ3v) is 5.13.